The number of ketones is 1. The van der Waals surface area contributed by atoms with Gasteiger partial charge in [0.15, 0.2) is 11.6 Å². The maximum Gasteiger partial charge on any atom is 0.169 e. The molecule has 2 rings (SSSR count). The molecule has 1 aliphatic rings. The summed E-state index contributed by atoms with van der Waals surface area (Å²) in [5.74, 6) is -0.690. The first-order valence-electron chi connectivity index (χ1n) is 4.44. The lowest BCUT2D eigenvalue weighted by atomic mass is 10.1. The Hall–Kier alpha value is -0.610. The first-order valence-corrected chi connectivity index (χ1v) is 5.62. The molecule has 0 aromatic heterocycles. The first kappa shape index (κ1) is 10.9. The molecule has 0 fully saturated rings. The van der Waals surface area contributed by atoms with E-state index >= 15 is 0 Å². The third-order valence-corrected chi connectivity index (χ3v) is 3.06. The van der Waals surface area contributed by atoms with E-state index in [0.717, 1.165) is 0 Å². The fraction of sp³-hybridized carbons (Fsp3) is 0.300. The van der Waals surface area contributed by atoms with Crippen molar-refractivity contribution >= 4 is 33.3 Å². The van der Waals surface area contributed by atoms with Gasteiger partial charge in [-0.05, 0) is 28.4 Å². The Morgan fingerprint density at radius 2 is 2.27 bits per heavy atom. The van der Waals surface area contributed by atoms with E-state index in [1.165, 1.54) is 6.07 Å². The Morgan fingerprint density at radius 1 is 1.53 bits per heavy atom. The van der Waals surface area contributed by atoms with E-state index in [2.05, 4.69) is 15.9 Å². The van der Waals surface area contributed by atoms with Crippen molar-refractivity contribution in [3.63, 3.8) is 0 Å². The molecule has 0 spiro atoms. The van der Waals surface area contributed by atoms with E-state index in [0.29, 0.717) is 17.5 Å². The van der Waals surface area contributed by atoms with Crippen LogP contribution in [0.4, 0.5) is 4.39 Å². The Morgan fingerprint density at radius 3 is 3.00 bits per heavy atom. The summed E-state index contributed by atoms with van der Waals surface area (Å²) < 4.78 is 19.5. The Kier molecular flexibility index (Phi) is 2.98. The van der Waals surface area contributed by atoms with Gasteiger partial charge in [-0.1, -0.05) is 11.6 Å². The number of carbonyl (C=O) groups is 1. The van der Waals surface area contributed by atoms with Crippen molar-refractivity contribution in [2.45, 2.75) is 12.8 Å². The first-order chi connectivity index (χ1) is 7.11. The van der Waals surface area contributed by atoms with Gasteiger partial charge in [0.05, 0.1) is 21.7 Å². The van der Waals surface area contributed by atoms with Gasteiger partial charge in [-0.2, -0.15) is 0 Å². The van der Waals surface area contributed by atoms with Gasteiger partial charge in [-0.25, -0.2) is 4.39 Å². The van der Waals surface area contributed by atoms with Crippen LogP contribution in [-0.2, 0) is 0 Å². The average molecular weight is 294 g/mol. The van der Waals surface area contributed by atoms with E-state index in [9.17, 15) is 9.18 Å². The normalized spacial score (nSPS) is 15.5. The molecule has 0 N–H and O–H groups in total. The molecule has 0 atom stereocenters. The smallest absolute Gasteiger partial charge is 0.169 e. The average Bonchev–Trinajstić information content (AvgIpc) is 2.37. The summed E-state index contributed by atoms with van der Waals surface area (Å²) >= 11 is 8.86. The van der Waals surface area contributed by atoms with Crippen molar-refractivity contribution in [3.8, 4) is 5.75 Å². The topological polar surface area (TPSA) is 26.3 Å². The molecular weight excluding hydrogens is 286 g/mol. The molecule has 80 valence electrons. The number of rotatable bonds is 0. The largest absolute Gasteiger partial charge is 0.492 e. The summed E-state index contributed by atoms with van der Waals surface area (Å²) in [7, 11) is 0. The van der Waals surface area contributed by atoms with Gasteiger partial charge < -0.3 is 4.74 Å². The van der Waals surface area contributed by atoms with Crippen molar-refractivity contribution in [3.05, 3.63) is 26.9 Å². The second-order valence-electron chi connectivity index (χ2n) is 3.23. The molecule has 2 nitrogen and oxygen atoms in total. The van der Waals surface area contributed by atoms with Gasteiger partial charge in [0.25, 0.3) is 0 Å². The molecule has 1 aromatic rings. The number of ether oxygens (including phenoxy) is 1. The number of halogens is 3. The lowest BCUT2D eigenvalue weighted by Crippen LogP contribution is -2.03. The molecule has 1 heterocycles. The molecule has 0 unspecified atom stereocenters. The van der Waals surface area contributed by atoms with E-state index in [4.69, 9.17) is 16.3 Å². The predicted octanol–water partition coefficient (Wildman–Crippen LogP) is 3.60. The summed E-state index contributed by atoms with van der Waals surface area (Å²) in [6, 6.07) is 1.40. The van der Waals surface area contributed by atoms with Gasteiger partial charge in [0.2, 0.25) is 0 Å². The second kappa shape index (κ2) is 4.10. The van der Waals surface area contributed by atoms with Crippen molar-refractivity contribution < 1.29 is 13.9 Å². The summed E-state index contributed by atoms with van der Waals surface area (Å²) in [6.07, 6.45) is 0.883. The number of hydrogen-bond acceptors (Lipinski definition) is 2. The van der Waals surface area contributed by atoms with Crippen LogP contribution in [0.1, 0.15) is 23.2 Å². The van der Waals surface area contributed by atoms with Crippen LogP contribution >= 0.6 is 27.5 Å². The molecule has 15 heavy (non-hydrogen) atoms. The molecule has 1 aliphatic heterocycles. The lowest BCUT2D eigenvalue weighted by Gasteiger charge is -2.10. The SMILES string of the molecule is O=C1CCCOc2c(Br)cc(Cl)c(F)c21. The quantitative estimate of drug-likeness (QED) is 0.683. The third kappa shape index (κ3) is 1.88. The van der Waals surface area contributed by atoms with Crippen molar-refractivity contribution in [1.82, 2.24) is 0 Å². The summed E-state index contributed by atoms with van der Waals surface area (Å²) in [4.78, 5) is 11.6. The Balaban J connectivity index is 2.69. The molecule has 0 saturated heterocycles. The fourth-order valence-corrected chi connectivity index (χ4v) is 2.38. The van der Waals surface area contributed by atoms with Gasteiger partial charge in [0, 0.05) is 6.42 Å². The molecule has 0 bridgehead atoms. The molecule has 0 aliphatic carbocycles. The molecular formula is C10H7BrClFO2. The Labute approximate surface area is 99.5 Å². The van der Waals surface area contributed by atoms with Crippen LogP contribution in [0.3, 0.4) is 0 Å². The lowest BCUT2D eigenvalue weighted by molar-refractivity contribution is 0.0979. The number of fused-ring (bicyclic) bond motifs is 1. The minimum atomic E-state index is -0.693. The molecule has 5 heteroatoms. The van der Waals surface area contributed by atoms with Crippen molar-refractivity contribution in [2.24, 2.45) is 0 Å². The maximum atomic E-state index is 13.6. The zero-order valence-electron chi connectivity index (χ0n) is 7.65. The molecule has 0 saturated carbocycles. The van der Waals surface area contributed by atoms with E-state index < -0.39 is 5.82 Å². The van der Waals surface area contributed by atoms with Gasteiger partial charge in [-0.3, -0.25) is 4.79 Å². The maximum absolute atomic E-state index is 13.6. The number of carbonyl (C=O) groups excluding carboxylic acids is 1. The molecule has 0 radical (unpaired) electrons. The van der Waals surface area contributed by atoms with Crippen molar-refractivity contribution in [2.75, 3.05) is 6.61 Å². The second-order valence-corrected chi connectivity index (χ2v) is 4.50. The summed E-state index contributed by atoms with van der Waals surface area (Å²) in [5.41, 5.74) is -0.0353. The zero-order chi connectivity index (χ0) is 11.0. The van der Waals surface area contributed by atoms with Crippen LogP contribution in [0.2, 0.25) is 5.02 Å². The highest BCUT2D eigenvalue weighted by molar-refractivity contribution is 9.10. The number of Topliss-reactive ketones (excluding diaryl/α,β-unsaturated/α-hetero) is 1. The number of benzene rings is 1. The summed E-state index contributed by atoms with van der Waals surface area (Å²) in [6.45, 7) is 0.415. The monoisotopic (exact) mass is 292 g/mol. The fourth-order valence-electron chi connectivity index (χ4n) is 1.50. The van der Waals surface area contributed by atoms with Gasteiger partial charge in [0.1, 0.15) is 5.75 Å². The van der Waals surface area contributed by atoms with Crippen LogP contribution in [0.5, 0.6) is 5.75 Å². The van der Waals surface area contributed by atoms with Crippen LogP contribution in [-0.4, -0.2) is 12.4 Å². The van der Waals surface area contributed by atoms with E-state index in [1.807, 2.05) is 0 Å². The van der Waals surface area contributed by atoms with Crippen LogP contribution < -0.4 is 4.74 Å². The van der Waals surface area contributed by atoms with Gasteiger partial charge in [-0.15, -0.1) is 0 Å². The third-order valence-electron chi connectivity index (χ3n) is 2.20. The van der Waals surface area contributed by atoms with Crippen molar-refractivity contribution in [1.29, 1.82) is 0 Å². The number of hydrogen-bond donors (Lipinski definition) is 0. The standard InChI is InChI=1S/C10H7BrClFO2/c11-5-4-6(12)9(13)8-7(14)2-1-3-15-10(5)8/h4H,1-3H2. The van der Waals surface area contributed by atoms with Crippen LogP contribution in [0.25, 0.3) is 0 Å². The highest BCUT2D eigenvalue weighted by Gasteiger charge is 2.25. The van der Waals surface area contributed by atoms with Crippen LogP contribution in [0, 0.1) is 5.82 Å². The van der Waals surface area contributed by atoms with Crippen LogP contribution in [0.15, 0.2) is 10.5 Å². The predicted molar refractivity (Wildman–Crippen MR) is 58.2 cm³/mol. The Bertz CT molecular complexity index is 434. The van der Waals surface area contributed by atoms with E-state index in [1.54, 1.807) is 0 Å². The summed E-state index contributed by atoms with van der Waals surface area (Å²) in [5, 5.41) is -0.0699. The highest BCUT2D eigenvalue weighted by Crippen LogP contribution is 2.37. The minimum Gasteiger partial charge on any atom is -0.492 e. The van der Waals surface area contributed by atoms with E-state index in [-0.39, 0.29) is 28.5 Å². The van der Waals surface area contributed by atoms with Gasteiger partial charge >= 0.3 is 0 Å². The minimum absolute atomic E-state index is 0.0353. The molecule has 0 amide bonds. The molecule has 1 aromatic carbocycles. The zero-order valence-corrected chi connectivity index (χ0v) is 9.99. The highest BCUT2D eigenvalue weighted by atomic mass is 79.9.